The van der Waals surface area contributed by atoms with E-state index in [1.54, 1.807) is 24.7 Å². The Hall–Kier alpha value is -3.13. The minimum Gasteiger partial charge on any atom is -0.497 e. The summed E-state index contributed by atoms with van der Waals surface area (Å²) in [5.74, 6) is 1.65. The van der Waals surface area contributed by atoms with Crippen molar-refractivity contribution in [2.45, 2.75) is 24.3 Å². The van der Waals surface area contributed by atoms with Gasteiger partial charge in [0.25, 0.3) is 5.56 Å². The Morgan fingerprint density at radius 1 is 1.14 bits per heavy atom. The van der Waals surface area contributed by atoms with E-state index in [1.165, 1.54) is 11.8 Å². The van der Waals surface area contributed by atoms with Crippen LogP contribution in [0.1, 0.15) is 24.0 Å². The number of fused-ring (bicyclic) bond motifs is 1. The maximum Gasteiger partial charge on any atom is 0.266 e. The second-order valence-corrected chi connectivity index (χ2v) is 7.48. The van der Waals surface area contributed by atoms with Crippen molar-refractivity contribution in [3.05, 3.63) is 70.7 Å². The third-order valence-electron chi connectivity index (χ3n) is 4.23. The van der Waals surface area contributed by atoms with Gasteiger partial charge < -0.3 is 9.15 Å². The molecule has 4 aromatic rings. The zero-order valence-corrected chi connectivity index (χ0v) is 16.4. The standard InChI is InChI=1S/C20H18N4O3S/c1-12(18-23-22-13(2)27-18)28-20-21-17-10-5-4-9-16(17)19(25)24(20)14-7-6-8-15(11-14)26-3/h4-12H,1-3H3. The average Bonchev–Trinajstić information content (AvgIpc) is 3.15. The summed E-state index contributed by atoms with van der Waals surface area (Å²) < 4.78 is 12.5. The van der Waals surface area contributed by atoms with Crippen LogP contribution in [-0.4, -0.2) is 26.9 Å². The summed E-state index contributed by atoms with van der Waals surface area (Å²) in [5.41, 5.74) is 1.18. The number of para-hydroxylation sites is 1. The van der Waals surface area contributed by atoms with Gasteiger partial charge in [0.05, 0.1) is 29.0 Å². The highest BCUT2D eigenvalue weighted by Gasteiger charge is 2.20. The molecule has 4 rings (SSSR count). The van der Waals surface area contributed by atoms with E-state index in [-0.39, 0.29) is 10.8 Å². The van der Waals surface area contributed by atoms with E-state index in [2.05, 4.69) is 10.2 Å². The van der Waals surface area contributed by atoms with Crippen LogP contribution in [0.5, 0.6) is 5.75 Å². The van der Waals surface area contributed by atoms with Crippen molar-refractivity contribution >= 4 is 22.7 Å². The van der Waals surface area contributed by atoms with Gasteiger partial charge in [0, 0.05) is 13.0 Å². The van der Waals surface area contributed by atoms with E-state index < -0.39 is 0 Å². The summed E-state index contributed by atoms with van der Waals surface area (Å²) >= 11 is 1.39. The number of nitrogens with zero attached hydrogens (tertiary/aromatic N) is 4. The van der Waals surface area contributed by atoms with Crippen LogP contribution in [-0.2, 0) is 0 Å². The molecule has 0 N–H and O–H groups in total. The molecule has 0 fully saturated rings. The molecule has 0 bridgehead atoms. The van der Waals surface area contributed by atoms with Crippen LogP contribution in [0.4, 0.5) is 0 Å². The van der Waals surface area contributed by atoms with Crippen LogP contribution >= 0.6 is 11.8 Å². The van der Waals surface area contributed by atoms with Crippen LogP contribution in [0.2, 0.25) is 0 Å². The zero-order valence-electron chi connectivity index (χ0n) is 15.6. The molecule has 0 spiro atoms. The van der Waals surface area contributed by atoms with Gasteiger partial charge in [0.1, 0.15) is 5.75 Å². The van der Waals surface area contributed by atoms with Gasteiger partial charge in [-0.05, 0) is 31.2 Å². The largest absolute Gasteiger partial charge is 0.497 e. The number of hydrogen-bond acceptors (Lipinski definition) is 7. The second kappa shape index (κ2) is 7.47. The van der Waals surface area contributed by atoms with Gasteiger partial charge in [0.2, 0.25) is 11.8 Å². The molecule has 0 aliphatic rings. The molecule has 0 amide bonds. The number of rotatable bonds is 5. The smallest absolute Gasteiger partial charge is 0.266 e. The highest BCUT2D eigenvalue weighted by Crippen LogP contribution is 2.34. The number of methoxy groups -OCH3 is 1. The van der Waals surface area contributed by atoms with Gasteiger partial charge in [0.15, 0.2) is 5.16 Å². The van der Waals surface area contributed by atoms with Crippen LogP contribution in [0.3, 0.4) is 0 Å². The minimum atomic E-state index is -0.175. The van der Waals surface area contributed by atoms with Crippen molar-refractivity contribution in [2.75, 3.05) is 7.11 Å². The molecule has 1 atom stereocenters. The fraction of sp³-hybridized carbons (Fsp3) is 0.200. The van der Waals surface area contributed by atoms with Crippen molar-refractivity contribution < 1.29 is 9.15 Å². The summed E-state index contributed by atoms with van der Waals surface area (Å²) in [7, 11) is 1.59. The average molecular weight is 394 g/mol. The highest BCUT2D eigenvalue weighted by molar-refractivity contribution is 7.99. The van der Waals surface area contributed by atoms with Crippen LogP contribution in [0.15, 0.2) is 62.9 Å². The van der Waals surface area contributed by atoms with Crippen molar-refractivity contribution in [1.82, 2.24) is 19.7 Å². The lowest BCUT2D eigenvalue weighted by atomic mass is 10.2. The van der Waals surface area contributed by atoms with Crippen molar-refractivity contribution in [1.29, 1.82) is 0 Å². The lowest BCUT2D eigenvalue weighted by Crippen LogP contribution is -2.22. The fourth-order valence-corrected chi connectivity index (χ4v) is 3.81. The number of hydrogen-bond donors (Lipinski definition) is 0. The minimum absolute atomic E-state index is 0.143. The summed E-state index contributed by atoms with van der Waals surface area (Å²) in [5, 5.41) is 8.89. The molecule has 142 valence electrons. The second-order valence-electron chi connectivity index (χ2n) is 6.17. The molecule has 28 heavy (non-hydrogen) atoms. The van der Waals surface area contributed by atoms with Crippen molar-refractivity contribution in [3.8, 4) is 11.4 Å². The summed E-state index contributed by atoms with van der Waals surface area (Å²) in [6.45, 7) is 3.68. The number of benzene rings is 2. The molecule has 0 saturated heterocycles. The maximum atomic E-state index is 13.3. The summed E-state index contributed by atoms with van der Waals surface area (Å²) in [6, 6.07) is 14.6. The number of aryl methyl sites for hydroxylation is 1. The first-order chi connectivity index (χ1) is 13.6. The van der Waals surface area contributed by atoms with Gasteiger partial charge in [-0.15, -0.1) is 10.2 Å². The molecule has 0 radical (unpaired) electrons. The van der Waals surface area contributed by atoms with E-state index in [0.717, 1.165) is 0 Å². The van der Waals surface area contributed by atoms with E-state index in [0.29, 0.717) is 39.3 Å². The zero-order chi connectivity index (χ0) is 19.7. The Bertz CT molecular complexity index is 1200. The molecule has 2 heterocycles. The quantitative estimate of drug-likeness (QED) is 0.374. The molecule has 7 nitrogen and oxygen atoms in total. The number of ether oxygens (including phenoxy) is 1. The lowest BCUT2D eigenvalue weighted by Gasteiger charge is -2.15. The monoisotopic (exact) mass is 394 g/mol. The fourth-order valence-electron chi connectivity index (χ4n) is 2.85. The first-order valence-corrected chi connectivity index (χ1v) is 9.57. The predicted octanol–water partition coefficient (Wildman–Crippen LogP) is 3.94. The van der Waals surface area contributed by atoms with E-state index >= 15 is 0 Å². The molecule has 2 aromatic heterocycles. The summed E-state index contributed by atoms with van der Waals surface area (Å²) in [4.78, 5) is 18.0. The normalized spacial score (nSPS) is 12.2. The molecule has 1 unspecified atom stereocenters. The van der Waals surface area contributed by atoms with Crippen LogP contribution in [0.25, 0.3) is 16.6 Å². The van der Waals surface area contributed by atoms with Gasteiger partial charge in [-0.2, -0.15) is 0 Å². The van der Waals surface area contributed by atoms with E-state index in [1.807, 2.05) is 49.4 Å². The first kappa shape index (κ1) is 18.2. The van der Waals surface area contributed by atoms with Crippen molar-refractivity contribution in [2.24, 2.45) is 0 Å². The van der Waals surface area contributed by atoms with Crippen molar-refractivity contribution in [3.63, 3.8) is 0 Å². The molecule has 2 aromatic carbocycles. The Morgan fingerprint density at radius 2 is 1.96 bits per heavy atom. The Morgan fingerprint density at radius 3 is 2.71 bits per heavy atom. The van der Waals surface area contributed by atoms with Gasteiger partial charge in [-0.25, -0.2) is 4.98 Å². The number of thioether (sulfide) groups is 1. The molecule has 0 saturated carbocycles. The van der Waals surface area contributed by atoms with E-state index in [4.69, 9.17) is 14.1 Å². The Balaban J connectivity index is 1.89. The molecular formula is C20H18N4O3S. The SMILES string of the molecule is COc1cccc(-n2c(SC(C)c3nnc(C)o3)nc3ccccc3c2=O)c1. The lowest BCUT2D eigenvalue weighted by molar-refractivity contribution is 0.414. The molecule has 0 aliphatic carbocycles. The summed E-state index contributed by atoms with van der Waals surface area (Å²) in [6.07, 6.45) is 0. The first-order valence-electron chi connectivity index (χ1n) is 8.69. The van der Waals surface area contributed by atoms with E-state index in [9.17, 15) is 4.79 Å². The van der Waals surface area contributed by atoms with Crippen LogP contribution in [0, 0.1) is 6.92 Å². The van der Waals surface area contributed by atoms with Gasteiger partial charge in [-0.1, -0.05) is 30.0 Å². The molecular weight excluding hydrogens is 376 g/mol. The predicted molar refractivity (Wildman–Crippen MR) is 107 cm³/mol. The topological polar surface area (TPSA) is 83.0 Å². The highest BCUT2D eigenvalue weighted by atomic mass is 32.2. The van der Waals surface area contributed by atoms with Gasteiger partial charge >= 0.3 is 0 Å². The molecule has 8 heteroatoms. The third kappa shape index (κ3) is 3.38. The van der Waals surface area contributed by atoms with Crippen LogP contribution < -0.4 is 10.3 Å². The Labute approximate surface area is 165 Å². The third-order valence-corrected chi connectivity index (χ3v) is 5.27. The maximum absolute atomic E-state index is 13.3. The molecule has 0 aliphatic heterocycles. The van der Waals surface area contributed by atoms with Gasteiger partial charge in [-0.3, -0.25) is 9.36 Å². The number of aromatic nitrogens is 4. The Kier molecular flexibility index (Phi) is 4.87.